The van der Waals surface area contributed by atoms with Gasteiger partial charge in [0, 0.05) is 30.9 Å². The molecule has 0 saturated carbocycles. The van der Waals surface area contributed by atoms with Gasteiger partial charge in [0.25, 0.3) is 0 Å². The smallest absolute Gasteiger partial charge is 0.226 e. The molecule has 3 rings (SSSR count). The monoisotopic (exact) mass is 342 g/mol. The number of unbranched alkanes of at least 4 members (excludes halogenated alkanes) is 1. The number of amides is 1. The number of rotatable bonds is 6. The van der Waals surface area contributed by atoms with Gasteiger partial charge in [-0.25, -0.2) is 4.39 Å². The van der Waals surface area contributed by atoms with E-state index in [2.05, 4.69) is 18.4 Å². The van der Waals surface area contributed by atoms with Crippen molar-refractivity contribution in [2.45, 2.75) is 52.1 Å². The van der Waals surface area contributed by atoms with Crippen LogP contribution in [0.15, 0.2) is 42.6 Å². The predicted octanol–water partition coefficient (Wildman–Crippen LogP) is 4.78. The highest BCUT2D eigenvalue weighted by molar-refractivity contribution is 5.80. The Morgan fingerprint density at radius 1 is 1.24 bits per heavy atom. The number of carbonyl (C=O) groups excluding carboxylic acids is 1. The highest BCUT2D eigenvalue weighted by atomic mass is 19.1. The van der Waals surface area contributed by atoms with Crippen molar-refractivity contribution in [2.75, 3.05) is 6.54 Å². The molecule has 1 aliphatic heterocycles. The van der Waals surface area contributed by atoms with E-state index in [1.54, 1.807) is 12.1 Å². The fraction of sp³-hybridized carbons (Fsp3) is 0.476. The molecule has 4 heteroatoms. The lowest BCUT2D eigenvalue weighted by Gasteiger charge is -2.39. The number of fused-ring (bicyclic) bond motifs is 1. The summed E-state index contributed by atoms with van der Waals surface area (Å²) in [5, 5.41) is 0. The molecular formula is C21H27FN2O. The zero-order chi connectivity index (χ0) is 17.8. The second-order valence-electron chi connectivity index (χ2n) is 6.86. The van der Waals surface area contributed by atoms with Crippen molar-refractivity contribution >= 4 is 5.91 Å². The molecule has 0 radical (unpaired) electrons. The van der Waals surface area contributed by atoms with Crippen LogP contribution in [0, 0.1) is 11.7 Å². The first-order valence-electron chi connectivity index (χ1n) is 9.36. The van der Waals surface area contributed by atoms with Gasteiger partial charge in [-0.15, -0.1) is 0 Å². The van der Waals surface area contributed by atoms with E-state index in [0.29, 0.717) is 6.54 Å². The van der Waals surface area contributed by atoms with Gasteiger partial charge in [0.05, 0.1) is 6.04 Å². The average Bonchev–Trinajstić information content (AvgIpc) is 3.10. The zero-order valence-electron chi connectivity index (χ0n) is 15.1. The number of nitrogens with zero attached hydrogens (tertiary/aromatic N) is 2. The first-order chi connectivity index (χ1) is 12.2. The molecule has 2 atom stereocenters. The van der Waals surface area contributed by atoms with Gasteiger partial charge in [-0.1, -0.05) is 38.8 Å². The van der Waals surface area contributed by atoms with E-state index in [-0.39, 0.29) is 23.7 Å². The molecule has 2 aromatic rings. The van der Waals surface area contributed by atoms with E-state index in [1.807, 2.05) is 29.3 Å². The highest BCUT2D eigenvalue weighted by Gasteiger charge is 2.34. The Hall–Kier alpha value is -2.10. The van der Waals surface area contributed by atoms with Crippen LogP contribution in [0.4, 0.5) is 4.39 Å². The molecule has 1 aromatic carbocycles. The van der Waals surface area contributed by atoms with Gasteiger partial charge >= 0.3 is 0 Å². The summed E-state index contributed by atoms with van der Waals surface area (Å²) in [5.41, 5.74) is 1.91. The predicted molar refractivity (Wildman–Crippen MR) is 97.7 cm³/mol. The number of halogens is 1. The van der Waals surface area contributed by atoms with Crippen LogP contribution in [0.5, 0.6) is 0 Å². The molecule has 1 aliphatic rings. The number of benzene rings is 1. The van der Waals surface area contributed by atoms with E-state index in [0.717, 1.165) is 43.5 Å². The fourth-order valence-electron chi connectivity index (χ4n) is 3.84. The standard InChI is InChI=1S/C21H27FN2O/c1-3-5-8-16(4-2)21(25)24-14-13-23-12-7-11-19(23)20(24)17-9-6-10-18(22)15-17/h6-7,9-12,15-16,20H,3-5,8,13-14H2,1-2H3/t16-,20-/m0/s1. The summed E-state index contributed by atoms with van der Waals surface area (Å²) in [6.07, 6.45) is 5.99. The highest BCUT2D eigenvalue weighted by Crippen LogP contribution is 2.34. The summed E-state index contributed by atoms with van der Waals surface area (Å²) >= 11 is 0. The second kappa shape index (κ2) is 7.85. The maximum absolute atomic E-state index is 13.8. The minimum atomic E-state index is -0.258. The Morgan fingerprint density at radius 2 is 2.08 bits per heavy atom. The fourth-order valence-corrected chi connectivity index (χ4v) is 3.84. The van der Waals surface area contributed by atoms with Crippen molar-refractivity contribution in [3.63, 3.8) is 0 Å². The maximum Gasteiger partial charge on any atom is 0.226 e. The van der Waals surface area contributed by atoms with Crippen molar-refractivity contribution in [2.24, 2.45) is 5.92 Å². The molecule has 1 aromatic heterocycles. The summed E-state index contributed by atoms with van der Waals surface area (Å²) in [7, 11) is 0. The summed E-state index contributed by atoms with van der Waals surface area (Å²) < 4.78 is 16.0. The third kappa shape index (κ3) is 3.63. The van der Waals surface area contributed by atoms with Crippen LogP contribution < -0.4 is 0 Å². The van der Waals surface area contributed by atoms with E-state index in [9.17, 15) is 9.18 Å². The Balaban J connectivity index is 1.95. The number of hydrogen-bond donors (Lipinski definition) is 0. The topological polar surface area (TPSA) is 25.2 Å². The number of aromatic nitrogens is 1. The van der Waals surface area contributed by atoms with E-state index >= 15 is 0 Å². The summed E-state index contributed by atoms with van der Waals surface area (Å²) in [6.45, 7) is 5.71. The summed E-state index contributed by atoms with van der Waals surface area (Å²) in [4.78, 5) is 15.2. The molecule has 0 saturated heterocycles. The molecule has 0 bridgehead atoms. The van der Waals surface area contributed by atoms with Gasteiger partial charge in [0.2, 0.25) is 5.91 Å². The lowest BCUT2D eigenvalue weighted by molar-refractivity contribution is -0.138. The number of carbonyl (C=O) groups is 1. The Morgan fingerprint density at radius 3 is 2.80 bits per heavy atom. The van der Waals surface area contributed by atoms with Crippen LogP contribution in [-0.2, 0) is 11.3 Å². The Kier molecular flexibility index (Phi) is 5.57. The van der Waals surface area contributed by atoms with Crippen molar-refractivity contribution in [1.82, 2.24) is 9.47 Å². The molecule has 0 N–H and O–H groups in total. The van der Waals surface area contributed by atoms with Gasteiger partial charge in [-0.2, -0.15) is 0 Å². The first kappa shape index (κ1) is 17.7. The molecule has 3 nitrogen and oxygen atoms in total. The van der Waals surface area contributed by atoms with Crippen molar-refractivity contribution in [1.29, 1.82) is 0 Å². The summed E-state index contributed by atoms with van der Waals surface area (Å²) in [6, 6.07) is 10.5. The Bertz CT molecular complexity index is 724. The second-order valence-corrected chi connectivity index (χ2v) is 6.86. The molecule has 0 fully saturated rings. The quantitative estimate of drug-likeness (QED) is 0.742. The molecule has 2 heterocycles. The molecular weight excluding hydrogens is 315 g/mol. The largest absolute Gasteiger partial charge is 0.348 e. The third-order valence-electron chi connectivity index (χ3n) is 5.23. The molecule has 1 amide bonds. The van der Waals surface area contributed by atoms with Crippen molar-refractivity contribution in [3.05, 3.63) is 59.7 Å². The van der Waals surface area contributed by atoms with Gasteiger partial charge in [-0.05, 0) is 42.7 Å². The minimum absolute atomic E-state index is 0.0533. The van der Waals surface area contributed by atoms with Gasteiger partial charge < -0.3 is 9.47 Å². The SMILES string of the molecule is CCCC[C@H](CC)C(=O)N1CCn2cccc2[C@@H]1c1cccc(F)c1. The third-order valence-corrected chi connectivity index (χ3v) is 5.23. The van der Waals surface area contributed by atoms with Crippen molar-refractivity contribution < 1.29 is 9.18 Å². The van der Waals surface area contributed by atoms with Crippen LogP contribution in [0.25, 0.3) is 0 Å². The van der Waals surface area contributed by atoms with Gasteiger partial charge in [-0.3, -0.25) is 4.79 Å². The zero-order valence-corrected chi connectivity index (χ0v) is 15.1. The van der Waals surface area contributed by atoms with Crippen LogP contribution in [-0.4, -0.2) is 21.9 Å². The normalized spacial score (nSPS) is 18.0. The summed E-state index contributed by atoms with van der Waals surface area (Å²) in [5.74, 6) is 0.00165. The molecule has 25 heavy (non-hydrogen) atoms. The average molecular weight is 342 g/mol. The Labute approximate surface area is 149 Å². The van der Waals surface area contributed by atoms with E-state index in [1.165, 1.54) is 6.07 Å². The van der Waals surface area contributed by atoms with Crippen LogP contribution in [0.1, 0.15) is 56.8 Å². The number of hydrogen-bond acceptors (Lipinski definition) is 1. The minimum Gasteiger partial charge on any atom is -0.348 e. The van der Waals surface area contributed by atoms with E-state index in [4.69, 9.17) is 0 Å². The van der Waals surface area contributed by atoms with Gasteiger partial charge in [0.1, 0.15) is 5.82 Å². The first-order valence-corrected chi connectivity index (χ1v) is 9.36. The van der Waals surface area contributed by atoms with Crippen LogP contribution in [0.2, 0.25) is 0 Å². The lowest BCUT2D eigenvalue weighted by atomic mass is 9.93. The van der Waals surface area contributed by atoms with Crippen molar-refractivity contribution in [3.8, 4) is 0 Å². The maximum atomic E-state index is 13.8. The van der Waals surface area contributed by atoms with Gasteiger partial charge in [0.15, 0.2) is 0 Å². The van der Waals surface area contributed by atoms with Crippen LogP contribution >= 0.6 is 0 Å². The lowest BCUT2D eigenvalue weighted by Crippen LogP contribution is -2.45. The molecule has 134 valence electrons. The molecule has 0 unspecified atom stereocenters. The van der Waals surface area contributed by atoms with E-state index < -0.39 is 0 Å². The molecule has 0 aliphatic carbocycles. The molecule has 0 spiro atoms. The van der Waals surface area contributed by atoms with Crippen LogP contribution in [0.3, 0.4) is 0 Å².